The Labute approximate surface area is 288 Å². The second kappa shape index (κ2) is 28.4. The summed E-state index contributed by atoms with van der Waals surface area (Å²) < 4.78 is 29.3. The lowest BCUT2D eigenvalue weighted by molar-refractivity contribution is -0.870. The van der Waals surface area contributed by atoms with Crippen LogP contribution in [0.4, 0.5) is 4.79 Å². The minimum atomic E-state index is -4.56. The van der Waals surface area contributed by atoms with Crippen molar-refractivity contribution in [3.05, 3.63) is 35.9 Å². The summed E-state index contributed by atoms with van der Waals surface area (Å²) >= 11 is 0. The average Bonchev–Trinajstić information content (AvgIpc) is 3.02. The van der Waals surface area contributed by atoms with Gasteiger partial charge in [-0.3, -0.25) is 4.57 Å². The van der Waals surface area contributed by atoms with E-state index in [1.54, 1.807) is 0 Å². The predicted octanol–water partition coefficient (Wildman–Crippen LogP) is 8.16. The molecule has 0 bridgehead atoms. The highest BCUT2D eigenvalue weighted by molar-refractivity contribution is 7.45. The summed E-state index contributed by atoms with van der Waals surface area (Å²) in [5.41, 5.74) is 1.13. The van der Waals surface area contributed by atoms with Gasteiger partial charge >= 0.3 is 6.03 Å². The molecule has 0 fully saturated rings. The summed E-state index contributed by atoms with van der Waals surface area (Å²) in [7, 11) is 1.30. The molecule has 9 nitrogen and oxygen atoms in total. The molecule has 2 unspecified atom stereocenters. The van der Waals surface area contributed by atoms with Crippen molar-refractivity contribution in [2.45, 2.75) is 135 Å². The number of likely N-dealkylation sites (N-methyl/N-ethyl adjacent to an activating group) is 1. The summed E-state index contributed by atoms with van der Waals surface area (Å²) in [6.45, 7) is 3.83. The molecule has 2 N–H and O–H groups in total. The van der Waals surface area contributed by atoms with E-state index < -0.39 is 13.9 Å². The quantitative estimate of drug-likeness (QED) is 0.0451. The number of rotatable bonds is 32. The Morgan fingerprint density at radius 2 is 1.28 bits per heavy atom. The van der Waals surface area contributed by atoms with Crippen molar-refractivity contribution >= 4 is 13.9 Å². The first-order chi connectivity index (χ1) is 22.6. The molecule has 0 aliphatic carbocycles. The zero-order chi connectivity index (χ0) is 34.5. The van der Waals surface area contributed by atoms with Crippen molar-refractivity contribution < 1.29 is 32.5 Å². The van der Waals surface area contributed by atoms with Gasteiger partial charge in [0.15, 0.2) is 0 Å². The predicted molar refractivity (Wildman–Crippen MR) is 192 cm³/mol. The van der Waals surface area contributed by atoms with E-state index >= 15 is 0 Å². The van der Waals surface area contributed by atoms with Crippen molar-refractivity contribution in [2.24, 2.45) is 0 Å². The van der Waals surface area contributed by atoms with Gasteiger partial charge in [-0.25, -0.2) is 4.79 Å². The van der Waals surface area contributed by atoms with Gasteiger partial charge in [-0.2, -0.15) is 0 Å². The molecule has 0 heterocycles. The molecule has 1 rings (SSSR count). The summed E-state index contributed by atoms with van der Waals surface area (Å²) in [6, 6.07) is 9.50. The van der Waals surface area contributed by atoms with Gasteiger partial charge in [-0.15, -0.1) is 0 Å². The van der Waals surface area contributed by atoms with Crippen LogP contribution in [0.1, 0.15) is 128 Å². The molecule has 47 heavy (non-hydrogen) atoms. The Bertz CT molecular complexity index is 915. The van der Waals surface area contributed by atoms with Gasteiger partial charge < -0.3 is 33.8 Å². The highest BCUT2D eigenvalue weighted by Crippen LogP contribution is 2.39. The number of unbranched alkanes of at least 4 members (excludes halogenated alkanes) is 17. The van der Waals surface area contributed by atoms with E-state index in [0.29, 0.717) is 30.6 Å². The minimum Gasteiger partial charge on any atom is -0.756 e. The maximum absolute atomic E-state index is 12.5. The molecular weight excluding hydrogens is 613 g/mol. The monoisotopic (exact) mass is 684 g/mol. The van der Waals surface area contributed by atoms with E-state index in [9.17, 15) is 14.3 Å². The Morgan fingerprint density at radius 1 is 0.766 bits per heavy atom. The molecule has 0 aliphatic heterocycles. The van der Waals surface area contributed by atoms with E-state index in [2.05, 4.69) is 17.6 Å². The van der Waals surface area contributed by atoms with Crippen LogP contribution in [0, 0.1) is 0 Å². The highest BCUT2D eigenvalue weighted by Gasteiger charge is 2.21. The van der Waals surface area contributed by atoms with Crippen molar-refractivity contribution in [3.8, 4) is 0 Å². The van der Waals surface area contributed by atoms with Crippen LogP contribution in [-0.4, -0.2) is 77.2 Å². The molecular formula is C37H70N3O6P. The fourth-order valence-electron chi connectivity index (χ4n) is 5.32. The van der Waals surface area contributed by atoms with Crippen molar-refractivity contribution in [3.63, 3.8) is 0 Å². The lowest BCUT2D eigenvalue weighted by Crippen LogP contribution is -2.42. The van der Waals surface area contributed by atoms with Gasteiger partial charge in [0, 0.05) is 19.7 Å². The maximum Gasteiger partial charge on any atom is 0.314 e. The van der Waals surface area contributed by atoms with Crippen LogP contribution in [0.5, 0.6) is 0 Å². The zero-order valence-electron chi connectivity index (χ0n) is 30.5. The first-order valence-electron chi connectivity index (χ1n) is 18.7. The van der Waals surface area contributed by atoms with Crippen LogP contribution in [0.2, 0.25) is 0 Å². The third-order valence-electron chi connectivity index (χ3n) is 8.27. The first-order valence-corrected chi connectivity index (χ1v) is 20.1. The number of urea groups is 1. The van der Waals surface area contributed by atoms with E-state index in [4.69, 9.17) is 13.8 Å². The van der Waals surface area contributed by atoms with Crippen molar-refractivity contribution in [1.82, 2.24) is 10.6 Å². The van der Waals surface area contributed by atoms with Crippen LogP contribution >= 0.6 is 7.82 Å². The topological polar surface area (TPSA) is 109 Å². The Kier molecular flexibility index (Phi) is 26.3. The van der Waals surface area contributed by atoms with Crippen LogP contribution in [0.15, 0.2) is 30.3 Å². The van der Waals surface area contributed by atoms with Gasteiger partial charge in [0.1, 0.15) is 19.3 Å². The Balaban J connectivity index is 2.18. The zero-order valence-corrected chi connectivity index (χ0v) is 31.4. The number of ether oxygens (including phenoxy) is 1. The number of carbonyl (C=O) groups excluding carboxylic acids is 1. The van der Waals surface area contributed by atoms with Crippen molar-refractivity contribution in [1.29, 1.82) is 0 Å². The molecule has 1 aromatic rings. The maximum atomic E-state index is 12.5. The standard InChI is InChI=1S/C37H70N3O6P/c1-5-6-7-8-9-10-11-12-13-14-15-16-17-18-19-20-21-25-31-44-34-36(46-47(42,43)45-32-30-40(2,3)4)33-39-37(41)38-29-28-35-26-23-22-24-27-35/h22-24,26-27,36H,5-21,25,28-34H2,1-4H3,(H2-,38,39,41,42,43). The van der Waals surface area contributed by atoms with E-state index in [-0.39, 0.29) is 25.8 Å². The van der Waals surface area contributed by atoms with Gasteiger partial charge in [0.25, 0.3) is 7.82 Å². The van der Waals surface area contributed by atoms with Gasteiger partial charge in [0.05, 0.1) is 27.7 Å². The molecule has 274 valence electrons. The number of nitrogens with zero attached hydrogens (tertiary/aromatic N) is 1. The van der Waals surface area contributed by atoms with Crippen molar-refractivity contribution in [2.75, 3.05) is 60.6 Å². The molecule has 2 amide bonds. The van der Waals surface area contributed by atoms with Crippen LogP contribution < -0.4 is 15.5 Å². The number of hydrogen-bond donors (Lipinski definition) is 2. The number of benzene rings is 1. The lowest BCUT2D eigenvalue weighted by Gasteiger charge is -2.30. The van der Waals surface area contributed by atoms with E-state index in [0.717, 1.165) is 18.4 Å². The fourth-order valence-corrected chi connectivity index (χ4v) is 6.19. The van der Waals surface area contributed by atoms with Crippen LogP contribution in [0.25, 0.3) is 0 Å². The van der Waals surface area contributed by atoms with E-state index in [1.165, 1.54) is 103 Å². The number of amides is 2. The van der Waals surface area contributed by atoms with Gasteiger partial charge in [0.2, 0.25) is 0 Å². The molecule has 0 spiro atoms. The smallest absolute Gasteiger partial charge is 0.314 e. The molecule has 0 aliphatic rings. The Hall–Kier alpha value is -1.48. The SMILES string of the molecule is CCCCCCCCCCCCCCCCCCCCOCC(CNC(=O)NCCc1ccccc1)OP(=O)([O-])OCC[N+](C)(C)C. The van der Waals surface area contributed by atoms with E-state index in [1.807, 2.05) is 51.5 Å². The van der Waals surface area contributed by atoms with Gasteiger partial charge in [-0.1, -0.05) is 146 Å². The number of nitrogens with one attached hydrogen (secondary N) is 2. The Morgan fingerprint density at radius 3 is 1.79 bits per heavy atom. The largest absolute Gasteiger partial charge is 0.756 e. The second-order valence-corrected chi connectivity index (χ2v) is 15.3. The molecule has 0 aromatic heterocycles. The molecule has 0 radical (unpaired) electrons. The summed E-state index contributed by atoms with van der Waals surface area (Å²) in [6.07, 6.45) is 23.6. The second-order valence-electron chi connectivity index (χ2n) is 14.0. The normalized spacial score (nSPS) is 13.7. The molecule has 10 heteroatoms. The molecule has 0 saturated heterocycles. The lowest BCUT2D eigenvalue weighted by atomic mass is 10.0. The fraction of sp³-hybridized carbons (Fsp3) is 0.811. The van der Waals surface area contributed by atoms with Crippen LogP contribution in [-0.2, 0) is 24.8 Å². The third kappa shape index (κ3) is 29.2. The number of hydrogen-bond acceptors (Lipinski definition) is 6. The third-order valence-corrected chi connectivity index (χ3v) is 9.32. The number of quaternary nitrogens is 1. The minimum absolute atomic E-state index is 0.0127. The number of phosphoric ester groups is 1. The summed E-state index contributed by atoms with van der Waals surface area (Å²) in [5.74, 6) is 0. The summed E-state index contributed by atoms with van der Waals surface area (Å²) in [4.78, 5) is 24.8. The number of phosphoric acid groups is 1. The van der Waals surface area contributed by atoms with Gasteiger partial charge in [-0.05, 0) is 18.4 Å². The molecule has 2 atom stereocenters. The molecule has 1 aromatic carbocycles. The average molecular weight is 684 g/mol. The molecule has 0 saturated carbocycles. The summed E-state index contributed by atoms with van der Waals surface area (Å²) in [5, 5.41) is 5.51. The van der Waals surface area contributed by atoms with Crippen LogP contribution in [0.3, 0.4) is 0 Å². The number of carbonyl (C=O) groups is 1. The first kappa shape index (κ1) is 43.5. The highest BCUT2D eigenvalue weighted by atomic mass is 31.2.